The van der Waals surface area contributed by atoms with Crippen LogP contribution < -0.4 is 25.4 Å². The van der Waals surface area contributed by atoms with Crippen LogP contribution in [-0.2, 0) is 30.3 Å². The maximum atomic E-state index is 15.0. The first-order chi connectivity index (χ1) is 35.4. The summed E-state index contributed by atoms with van der Waals surface area (Å²) in [5, 5.41) is 17.2. The lowest BCUT2D eigenvalue weighted by molar-refractivity contribution is -0.132. The number of halogens is 3. The highest BCUT2D eigenvalue weighted by molar-refractivity contribution is 6.31. The molecule has 382 valence electrons. The number of piperazine rings is 1. The first kappa shape index (κ1) is 53.2. The number of fused-ring (bicyclic) bond motifs is 2. The van der Waals surface area contributed by atoms with Gasteiger partial charge in [-0.2, -0.15) is 5.11 Å². The van der Waals surface area contributed by atoms with E-state index in [-0.39, 0.29) is 73.9 Å². The molecule has 73 heavy (non-hydrogen) atoms. The fourth-order valence-electron chi connectivity index (χ4n) is 8.42. The Labute approximate surface area is 426 Å². The fraction of sp³-hybridized carbons (Fsp3) is 0.377. The first-order valence-corrected chi connectivity index (χ1v) is 24.4. The second-order valence-electron chi connectivity index (χ2n) is 17.4. The number of terminal acetylenes is 1. The quantitative estimate of drug-likeness (QED) is 0.0461. The van der Waals surface area contributed by atoms with Crippen LogP contribution >= 0.6 is 11.6 Å². The van der Waals surface area contributed by atoms with Crippen molar-refractivity contribution in [1.82, 2.24) is 30.4 Å². The number of amides is 5. The molecule has 3 N–H and O–H groups in total. The van der Waals surface area contributed by atoms with Crippen molar-refractivity contribution >= 4 is 63.5 Å². The third-order valence-corrected chi connectivity index (χ3v) is 12.6. The summed E-state index contributed by atoms with van der Waals surface area (Å²) in [5.74, 6) is 0.464. The molecule has 3 aliphatic rings. The highest BCUT2D eigenvalue weighted by atomic mass is 35.5. The number of azo groups is 1. The minimum absolute atomic E-state index is 0.0299. The number of benzene rings is 3. The van der Waals surface area contributed by atoms with E-state index in [1.54, 1.807) is 46.2 Å². The minimum atomic E-state index is -0.958. The number of methoxy groups -OCH3 is 1. The molecule has 1 aliphatic carbocycles. The number of hydrogen-bond acceptors (Lipinski definition) is 12. The lowest BCUT2D eigenvalue weighted by Gasteiger charge is -2.35. The highest BCUT2D eigenvalue weighted by Gasteiger charge is 2.29. The van der Waals surface area contributed by atoms with Crippen molar-refractivity contribution in [2.45, 2.75) is 63.8 Å². The number of hydrogen-bond donors (Lipinski definition) is 3. The summed E-state index contributed by atoms with van der Waals surface area (Å²) < 4.78 is 45.8. The number of unbranched alkanes of at least 4 members (excludes halogenated alkanes) is 4. The second kappa shape index (κ2) is 26.2. The zero-order valence-corrected chi connectivity index (χ0v) is 41.1. The number of anilines is 2. The molecule has 0 spiro atoms. The molecule has 17 nitrogen and oxygen atoms in total. The molecule has 4 aromatic rings. The number of nitrogens with one attached hydrogen (secondary N) is 3. The summed E-state index contributed by atoms with van der Waals surface area (Å²) in [6.45, 7) is 1.64. The zero-order valence-electron chi connectivity index (χ0n) is 40.3. The Morgan fingerprint density at radius 3 is 2.47 bits per heavy atom. The van der Waals surface area contributed by atoms with Crippen LogP contribution in [0.5, 0.6) is 11.5 Å². The molecule has 20 heteroatoms. The Hall–Kier alpha value is -7.56. The molecule has 1 fully saturated rings. The van der Waals surface area contributed by atoms with Gasteiger partial charge in [-0.25, -0.2) is 18.7 Å². The van der Waals surface area contributed by atoms with Gasteiger partial charge in [-0.3, -0.25) is 24.0 Å². The second-order valence-corrected chi connectivity index (χ2v) is 17.8. The average Bonchev–Trinajstić information content (AvgIpc) is 3.40. The summed E-state index contributed by atoms with van der Waals surface area (Å²) >= 11 is 5.97. The third kappa shape index (κ3) is 14.5. The van der Waals surface area contributed by atoms with Gasteiger partial charge in [0.15, 0.2) is 11.5 Å². The van der Waals surface area contributed by atoms with Crippen molar-refractivity contribution in [3.63, 3.8) is 0 Å². The number of rotatable bonds is 24. The van der Waals surface area contributed by atoms with Gasteiger partial charge in [-0.15, -0.1) is 11.5 Å². The number of carbonyl (C=O) groups is 5. The van der Waals surface area contributed by atoms with E-state index in [2.05, 4.69) is 42.1 Å². The first-order valence-electron chi connectivity index (χ1n) is 24.1. The minimum Gasteiger partial charge on any atom is -0.493 e. The number of allylic oxidation sites excluding steroid dienone is 4. The van der Waals surface area contributed by atoms with Gasteiger partial charge in [0.25, 0.3) is 11.8 Å². The predicted octanol–water partition coefficient (Wildman–Crippen LogP) is 7.58. The molecular weight excluding hydrogens is 964 g/mol. The van der Waals surface area contributed by atoms with Crippen molar-refractivity contribution in [3.8, 4) is 23.8 Å². The van der Waals surface area contributed by atoms with E-state index in [1.807, 2.05) is 12.2 Å². The molecule has 2 aliphatic heterocycles. The third-order valence-electron chi connectivity index (χ3n) is 12.3. The molecule has 2 atom stereocenters. The molecule has 1 unspecified atom stereocenters. The van der Waals surface area contributed by atoms with Crippen LogP contribution in [0.3, 0.4) is 0 Å². The topological polar surface area (TPSA) is 206 Å². The summed E-state index contributed by atoms with van der Waals surface area (Å²) in [6, 6.07) is 11.1. The van der Waals surface area contributed by atoms with E-state index in [0.717, 1.165) is 5.57 Å². The van der Waals surface area contributed by atoms with Crippen LogP contribution in [0.4, 0.5) is 20.3 Å². The van der Waals surface area contributed by atoms with E-state index >= 15 is 4.39 Å². The van der Waals surface area contributed by atoms with Gasteiger partial charge in [0.2, 0.25) is 17.7 Å². The molecule has 1 aromatic heterocycles. The number of carbonyl (C=O) groups excluding carboxylic acids is 5. The monoisotopic (exact) mass is 1020 g/mol. The van der Waals surface area contributed by atoms with E-state index in [0.29, 0.717) is 110 Å². The van der Waals surface area contributed by atoms with E-state index in [9.17, 15) is 28.4 Å². The number of nitrogens with zero attached hydrogens (tertiary/aromatic N) is 6. The van der Waals surface area contributed by atoms with Crippen LogP contribution in [0, 0.1) is 29.9 Å². The SMILES string of the molecule is C#CCOC[C@H](NC(=O)CCCCCOc1cc2c(Nc3ccc(F)c(Cl)c3)ncnc2cc1OC)C(=O)NCCCCCC(=O)N1CCN(C(=O)c2cc(CC3=C4C=CC=CC4C(=O)N=N3)ccc2F)CC1. The van der Waals surface area contributed by atoms with Crippen LogP contribution in [0.15, 0.2) is 101 Å². The Bertz CT molecular complexity index is 2860. The van der Waals surface area contributed by atoms with Gasteiger partial charge in [0.1, 0.15) is 36.4 Å². The lowest BCUT2D eigenvalue weighted by atomic mass is 9.89. The summed E-state index contributed by atoms with van der Waals surface area (Å²) in [4.78, 5) is 76.8. The molecule has 1 saturated heterocycles. The lowest BCUT2D eigenvalue weighted by Crippen LogP contribution is -2.50. The number of ether oxygens (including phenoxy) is 3. The van der Waals surface area contributed by atoms with Gasteiger partial charge < -0.3 is 40.0 Å². The standard InChI is InChI=1S/C53H56ClF2N9O8/c1-3-25-72-32-45(61-48(66)14-6-5-11-26-73-47-30-39-43(31-46(47)71-2)58-33-59-50(39)60-35-17-19-42(56)40(54)29-35)52(69)57-20-10-4-7-15-49(67)64-21-23-65(24-22-64)53(70)38-27-34(16-18-41(38)55)28-44-36-12-8-9-13-37(36)51(68)63-62-44/h1,8-9,12-13,16-19,27,29-31,33,37,45H,4-7,10-11,14-15,20-26,28,32H2,2H3,(H,57,69)(H,61,66)(H,58,59,60)/t37?,45-/m0/s1. The molecule has 0 radical (unpaired) electrons. The highest BCUT2D eigenvalue weighted by Crippen LogP contribution is 2.36. The molecule has 3 aromatic carbocycles. The molecular formula is C53H56ClF2N9O8. The van der Waals surface area contributed by atoms with Crippen molar-refractivity contribution in [1.29, 1.82) is 0 Å². The van der Waals surface area contributed by atoms with Crippen LogP contribution in [0.1, 0.15) is 67.3 Å². The molecule has 5 amide bonds. The van der Waals surface area contributed by atoms with E-state index < -0.39 is 35.4 Å². The average molecular weight is 1020 g/mol. The van der Waals surface area contributed by atoms with Crippen molar-refractivity contribution < 1.29 is 47.0 Å². The summed E-state index contributed by atoms with van der Waals surface area (Å²) in [7, 11) is 1.52. The Morgan fingerprint density at radius 1 is 0.890 bits per heavy atom. The maximum Gasteiger partial charge on any atom is 0.275 e. The van der Waals surface area contributed by atoms with Crippen LogP contribution in [0.25, 0.3) is 10.9 Å². The van der Waals surface area contributed by atoms with Crippen LogP contribution in [-0.4, -0.2) is 115 Å². The Balaban J connectivity index is 0.780. The maximum absolute atomic E-state index is 15.0. The van der Waals surface area contributed by atoms with Crippen molar-refractivity contribution in [2.75, 3.05) is 65.0 Å². The van der Waals surface area contributed by atoms with E-state index in [4.69, 9.17) is 32.2 Å². The van der Waals surface area contributed by atoms with Gasteiger partial charge in [0.05, 0.1) is 48.0 Å². The van der Waals surface area contributed by atoms with Gasteiger partial charge in [0, 0.05) is 69.1 Å². The normalized spacial score (nSPS) is 15.4. The Kier molecular flexibility index (Phi) is 19.1. The molecule has 3 heterocycles. The zero-order chi connectivity index (χ0) is 51.7. The van der Waals surface area contributed by atoms with Gasteiger partial charge in [-0.05, 0) is 79.6 Å². The fourth-order valence-corrected chi connectivity index (χ4v) is 8.60. The van der Waals surface area contributed by atoms with Gasteiger partial charge in [-0.1, -0.05) is 54.3 Å². The van der Waals surface area contributed by atoms with Crippen molar-refractivity contribution in [3.05, 3.63) is 118 Å². The predicted molar refractivity (Wildman–Crippen MR) is 269 cm³/mol. The number of aromatic nitrogens is 2. The largest absolute Gasteiger partial charge is 0.493 e. The molecule has 7 rings (SSSR count). The van der Waals surface area contributed by atoms with E-state index in [1.165, 1.54) is 37.7 Å². The summed E-state index contributed by atoms with van der Waals surface area (Å²) in [6.07, 6.45) is 18.3. The molecule has 0 bridgehead atoms. The Morgan fingerprint density at radius 2 is 1.67 bits per heavy atom. The smallest absolute Gasteiger partial charge is 0.275 e. The van der Waals surface area contributed by atoms with Crippen LogP contribution in [0.2, 0.25) is 5.02 Å². The summed E-state index contributed by atoms with van der Waals surface area (Å²) in [5.41, 5.74) is 3.02. The van der Waals surface area contributed by atoms with Crippen molar-refractivity contribution in [2.24, 2.45) is 16.1 Å². The molecule has 0 saturated carbocycles. The van der Waals surface area contributed by atoms with Gasteiger partial charge >= 0.3 is 0 Å².